The SMILES string of the molecule is C[C@@H]1Cc2c([nH]c3ccccc23)[C@@H](c2[nH]nc3cc(CN4CC5CC5C4)ccc23)N1CC(C)(C)F. The zero-order valence-corrected chi connectivity index (χ0v) is 20.8. The predicted octanol–water partition coefficient (Wildman–Crippen LogP) is 5.58. The van der Waals surface area contributed by atoms with Gasteiger partial charge in [-0.1, -0.05) is 30.3 Å². The van der Waals surface area contributed by atoms with Crippen molar-refractivity contribution < 1.29 is 4.39 Å². The summed E-state index contributed by atoms with van der Waals surface area (Å²) >= 11 is 0. The molecule has 0 radical (unpaired) electrons. The maximum atomic E-state index is 15.1. The molecule has 2 aliphatic heterocycles. The van der Waals surface area contributed by atoms with Crippen LogP contribution in [0.25, 0.3) is 21.8 Å². The molecule has 4 heterocycles. The molecular weight excluding hydrogens is 437 g/mol. The fourth-order valence-electron chi connectivity index (χ4n) is 6.77. The van der Waals surface area contributed by atoms with Gasteiger partial charge in [0.2, 0.25) is 0 Å². The minimum Gasteiger partial charge on any atom is -0.357 e. The number of para-hydroxylation sites is 1. The summed E-state index contributed by atoms with van der Waals surface area (Å²) in [5.74, 6) is 1.89. The van der Waals surface area contributed by atoms with E-state index in [0.29, 0.717) is 6.54 Å². The quantitative estimate of drug-likeness (QED) is 0.400. The van der Waals surface area contributed by atoms with Crippen molar-refractivity contribution >= 4 is 21.8 Å². The van der Waals surface area contributed by atoms with Crippen LogP contribution in [-0.4, -0.2) is 56.3 Å². The number of piperidine rings is 1. The van der Waals surface area contributed by atoms with Gasteiger partial charge in [0.1, 0.15) is 5.67 Å². The molecule has 3 aliphatic rings. The molecule has 2 unspecified atom stereocenters. The summed E-state index contributed by atoms with van der Waals surface area (Å²) in [4.78, 5) is 8.60. The van der Waals surface area contributed by atoms with Crippen LogP contribution in [0.3, 0.4) is 0 Å². The third-order valence-electron chi connectivity index (χ3n) is 8.46. The Labute approximate surface area is 205 Å². The van der Waals surface area contributed by atoms with Crippen molar-refractivity contribution in [2.75, 3.05) is 19.6 Å². The second kappa shape index (κ2) is 7.65. The van der Waals surface area contributed by atoms with Crippen molar-refractivity contribution in [2.24, 2.45) is 11.8 Å². The van der Waals surface area contributed by atoms with Gasteiger partial charge in [0.15, 0.2) is 0 Å². The number of H-pyrrole nitrogens is 2. The molecule has 2 N–H and O–H groups in total. The first-order valence-corrected chi connectivity index (χ1v) is 13.1. The van der Waals surface area contributed by atoms with Crippen molar-refractivity contribution in [3.05, 3.63) is 65.0 Å². The number of benzene rings is 2. The largest absolute Gasteiger partial charge is 0.357 e. The van der Waals surface area contributed by atoms with Crippen LogP contribution in [-0.2, 0) is 13.0 Å². The van der Waals surface area contributed by atoms with Crippen LogP contribution >= 0.6 is 0 Å². The Hall–Kier alpha value is -2.70. The van der Waals surface area contributed by atoms with E-state index in [2.05, 4.69) is 69.3 Å². The van der Waals surface area contributed by atoms with Gasteiger partial charge < -0.3 is 4.98 Å². The molecule has 4 aromatic rings. The normalized spacial score (nSPS) is 27.0. The lowest BCUT2D eigenvalue weighted by Crippen LogP contribution is -2.47. The molecule has 1 saturated carbocycles. The van der Waals surface area contributed by atoms with Crippen LogP contribution < -0.4 is 0 Å². The van der Waals surface area contributed by atoms with E-state index in [1.54, 1.807) is 13.8 Å². The Kier molecular flexibility index (Phi) is 4.71. The van der Waals surface area contributed by atoms with Crippen LogP contribution in [0.15, 0.2) is 42.5 Å². The lowest BCUT2D eigenvalue weighted by molar-refractivity contribution is 0.0658. The van der Waals surface area contributed by atoms with Crippen LogP contribution in [0, 0.1) is 11.8 Å². The molecule has 6 heteroatoms. The van der Waals surface area contributed by atoms with E-state index in [1.807, 2.05) is 0 Å². The third-order valence-corrected chi connectivity index (χ3v) is 8.46. The minimum atomic E-state index is -1.30. The van der Waals surface area contributed by atoms with Gasteiger partial charge in [-0.15, -0.1) is 0 Å². The topological polar surface area (TPSA) is 51.0 Å². The van der Waals surface area contributed by atoms with Crippen LogP contribution in [0.1, 0.15) is 55.7 Å². The maximum Gasteiger partial charge on any atom is 0.118 e. The molecule has 1 saturated heterocycles. The number of nitrogens with one attached hydrogen (secondary N) is 2. The highest BCUT2D eigenvalue weighted by molar-refractivity contribution is 5.87. The Balaban J connectivity index is 1.30. The van der Waals surface area contributed by atoms with Gasteiger partial charge in [-0.25, -0.2) is 4.39 Å². The van der Waals surface area contributed by atoms with E-state index in [-0.39, 0.29) is 12.1 Å². The van der Waals surface area contributed by atoms with E-state index in [4.69, 9.17) is 5.10 Å². The average Bonchev–Trinajstić information content (AvgIpc) is 3.12. The second-order valence-corrected chi connectivity index (χ2v) is 11.8. The highest BCUT2D eigenvalue weighted by Crippen LogP contribution is 2.46. The number of hydrogen-bond acceptors (Lipinski definition) is 3. The highest BCUT2D eigenvalue weighted by atomic mass is 19.1. The van der Waals surface area contributed by atoms with Gasteiger partial charge in [-0.2, -0.15) is 5.10 Å². The summed E-state index contributed by atoms with van der Waals surface area (Å²) in [6.07, 6.45) is 2.33. The Morgan fingerprint density at radius 2 is 1.86 bits per heavy atom. The van der Waals surface area contributed by atoms with E-state index in [0.717, 1.165) is 46.9 Å². The van der Waals surface area contributed by atoms with Gasteiger partial charge >= 0.3 is 0 Å². The number of fused-ring (bicyclic) bond motifs is 5. The number of aromatic nitrogens is 3. The van der Waals surface area contributed by atoms with Gasteiger partial charge in [0.25, 0.3) is 0 Å². The van der Waals surface area contributed by atoms with Crippen LogP contribution in [0.2, 0.25) is 0 Å². The lowest BCUT2D eigenvalue weighted by Gasteiger charge is -2.42. The zero-order chi connectivity index (χ0) is 23.9. The van der Waals surface area contributed by atoms with Gasteiger partial charge in [0, 0.05) is 54.2 Å². The molecule has 7 rings (SSSR count). The molecule has 2 fully saturated rings. The number of nitrogens with zero attached hydrogens (tertiary/aromatic N) is 3. The van der Waals surface area contributed by atoms with E-state index in [1.165, 1.54) is 41.7 Å². The summed E-state index contributed by atoms with van der Waals surface area (Å²) in [5.41, 5.74) is 5.73. The summed E-state index contributed by atoms with van der Waals surface area (Å²) < 4.78 is 15.1. The molecule has 0 bridgehead atoms. The number of hydrogen-bond donors (Lipinski definition) is 2. The third kappa shape index (κ3) is 3.69. The molecule has 0 amide bonds. The molecule has 5 nitrogen and oxygen atoms in total. The lowest BCUT2D eigenvalue weighted by atomic mass is 9.88. The summed E-state index contributed by atoms with van der Waals surface area (Å²) in [5, 5.41) is 10.5. The van der Waals surface area contributed by atoms with E-state index >= 15 is 4.39 Å². The number of halogens is 1. The Morgan fingerprint density at radius 1 is 1.06 bits per heavy atom. The van der Waals surface area contributed by atoms with E-state index in [9.17, 15) is 0 Å². The molecule has 0 spiro atoms. The molecule has 35 heavy (non-hydrogen) atoms. The number of likely N-dealkylation sites (tertiary alicyclic amines) is 1. The predicted molar refractivity (Wildman–Crippen MR) is 138 cm³/mol. The molecule has 2 aromatic heterocycles. The minimum absolute atomic E-state index is 0.0993. The van der Waals surface area contributed by atoms with Gasteiger partial charge in [0.05, 0.1) is 17.3 Å². The van der Waals surface area contributed by atoms with Crippen molar-refractivity contribution in [1.29, 1.82) is 0 Å². The second-order valence-electron chi connectivity index (χ2n) is 11.8. The van der Waals surface area contributed by atoms with Gasteiger partial charge in [-0.3, -0.25) is 14.9 Å². The van der Waals surface area contributed by atoms with Crippen LogP contribution in [0.5, 0.6) is 0 Å². The van der Waals surface area contributed by atoms with Gasteiger partial charge in [-0.05, 0) is 68.7 Å². The molecule has 1 aliphatic carbocycles. The van der Waals surface area contributed by atoms with Crippen molar-refractivity contribution in [2.45, 2.75) is 57.9 Å². The molecule has 2 aromatic carbocycles. The molecular formula is C29H34FN5. The number of rotatable bonds is 5. The highest BCUT2D eigenvalue weighted by Gasteiger charge is 2.45. The standard InChI is InChI=1S/C29H34FN5/c1-17-10-23-21-6-4-5-7-24(21)31-26(23)28(35(17)16-29(2,3)30)27-22-9-8-18(11-25(22)32-33-27)13-34-14-19-12-20(19)15-34/h4-9,11,17,19-20,28,31H,10,12-16H2,1-3H3,(H,32,33)/t17-,19?,20?,28+/m1/s1. The maximum absolute atomic E-state index is 15.1. The van der Waals surface area contributed by atoms with Crippen molar-refractivity contribution in [3.8, 4) is 0 Å². The monoisotopic (exact) mass is 471 g/mol. The molecule has 4 atom stereocenters. The average molecular weight is 472 g/mol. The fraction of sp³-hybridized carbons (Fsp3) is 0.483. The first kappa shape index (κ1) is 21.6. The summed E-state index contributed by atoms with van der Waals surface area (Å²) in [6.45, 7) is 9.43. The van der Waals surface area contributed by atoms with E-state index < -0.39 is 5.67 Å². The smallest absolute Gasteiger partial charge is 0.118 e. The first-order chi connectivity index (χ1) is 16.8. The Morgan fingerprint density at radius 3 is 2.66 bits per heavy atom. The van der Waals surface area contributed by atoms with Crippen LogP contribution in [0.4, 0.5) is 4.39 Å². The van der Waals surface area contributed by atoms with Crippen molar-refractivity contribution in [1.82, 2.24) is 25.0 Å². The first-order valence-electron chi connectivity index (χ1n) is 13.1. The van der Waals surface area contributed by atoms with Crippen molar-refractivity contribution in [3.63, 3.8) is 0 Å². The zero-order valence-electron chi connectivity index (χ0n) is 20.8. The summed E-state index contributed by atoms with van der Waals surface area (Å²) in [6, 6.07) is 15.3. The number of alkyl halides is 1. The fourth-order valence-corrected chi connectivity index (χ4v) is 6.77. The number of aromatic amines is 2. The molecule has 182 valence electrons. The summed E-state index contributed by atoms with van der Waals surface area (Å²) in [7, 11) is 0. The Bertz CT molecular complexity index is 1400.